The van der Waals surface area contributed by atoms with Crippen LogP contribution in [0.3, 0.4) is 0 Å². The summed E-state index contributed by atoms with van der Waals surface area (Å²) in [5.74, 6) is -0.207. The van der Waals surface area contributed by atoms with Gasteiger partial charge in [-0.3, -0.25) is 14.2 Å². The van der Waals surface area contributed by atoms with Crippen LogP contribution in [0.25, 0.3) is 11.1 Å². The number of carbonyl (C=O) groups excluding carboxylic acids is 1. The van der Waals surface area contributed by atoms with E-state index in [0.29, 0.717) is 11.1 Å². The van der Waals surface area contributed by atoms with Crippen molar-refractivity contribution in [2.75, 3.05) is 13.1 Å². The average molecular weight is 288 g/mol. The monoisotopic (exact) mass is 288 g/mol. The Morgan fingerprint density at radius 1 is 1.38 bits per heavy atom. The molecule has 2 rings (SSSR count). The van der Waals surface area contributed by atoms with E-state index < -0.39 is 24.2 Å². The van der Waals surface area contributed by atoms with Crippen molar-refractivity contribution in [2.45, 2.75) is 6.54 Å². The van der Waals surface area contributed by atoms with Gasteiger partial charge >= 0.3 is 11.7 Å². The number of aromatic nitrogens is 1. The topological polar surface area (TPSA) is 92.8 Å². The molecule has 2 aromatic rings. The first-order valence-electron chi connectivity index (χ1n) is 6.04. The van der Waals surface area contributed by atoms with Gasteiger partial charge in [0.1, 0.15) is 13.1 Å². The van der Waals surface area contributed by atoms with Crippen molar-refractivity contribution in [1.82, 2.24) is 9.47 Å². The van der Waals surface area contributed by atoms with E-state index in [4.69, 9.17) is 15.9 Å². The Morgan fingerprint density at radius 3 is 2.76 bits per heavy atom. The predicted molar refractivity (Wildman–Crippen MR) is 73.5 cm³/mol. The second kappa shape index (κ2) is 5.96. The quantitative estimate of drug-likeness (QED) is 0.790. The number of amides is 1. The Kier molecular flexibility index (Phi) is 4.09. The zero-order valence-electron chi connectivity index (χ0n) is 11.0. The van der Waals surface area contributed by atoms with Crippen molar-refractivity contribution in [2.24, 2.45) is 0 Å². The largest absolute Gasteiger partial charge is 0.480 e. The number of rotatable bonds is 5. The average Bonchev–Trinajstić information content (AvgIpc) is 2.74. The fourth-order valence-corrected chi connectivity index (χ4v) is 1.90. The fraction of sp³-hybridized carbons (Fsp3) is 0.214. The molecule has 1 aromatic heterocycles. The Morgan fingerprint density at radius 2 is 2.10 bits per heavy atom. The SMILES string of the molecule is C#CCN(CC(=O)O)C(=O)Cn1c(=O)oc2ccccc21. The van der Waals surface area contributed by atoms with E-state index in [0.717, 1.165) is 9.47 Å². The normalized spacial score (nSPS) is 10.2. The number of carbonyl (C=O) groups is 2. The van der Waals surface area contributed by atoms with E-state index in [1.54, 1.807) is 24.3 Å². The Balaban J connectivity index is 2.28. The van der Waals surface area contributed by atoms with E-state index in [2.05, 4.69) is 5.92 Å². The first kappa shape index (κ1) is 14.4. The molecule has 1 amide bonds. The molecule has 1 N–H and O–H groups in total. The maximum absolute atomic E-state index is 12.1. The minimum absolute atomic E-state index is 0.143. The minimum Gasteiger partial charge on any atom is -0.480 e. The van der Waals surface area contributed by atoms with Crippen LogP contribution in [0.15, 0.2) is 33.5 Å². The van der Waals surface area contributed by atoms with Gasteiger partial charge in [-0.1, -0.05) is 18.1 Å². The summed E-state index contributed by atoms with van der Waals surface area (Å²) in [6, 6.07) is 6.64. The molecule has 108 valence electrons. The number of nitrogens with zero attached hydrogens (tertiary/aromatic N) is 2. The molecule has 0 fully saturated rings. The van der Waals surface area contributed by atoms with Crippen LogP contribution in [0.5, 0.6) is 0 Å². The molecule has 0 unspecified atom stereocenters. The number of hydrogen-bond donors (Lipinski definition) is 1. The molecule has 0 atom stereocenters. The molecule has 1 heterocycles. The summed E-state index contributed by atoms with van der Waals surface area (Å²) in [5, 5.41) is 8.76. The zero-order valence-corrected chi connectivity index (χ0v) is 11.0. The highest BCUT2D eigenvalue weighted by Gasteiger charge is 2.19. The van der Waals surface area contributed by atoms with E-state index in [1.165, 1.54) is 0 Å². The van der Waals surface area contributed by atoms with Gasteiger partial charge in [0.05, 0.1) is 12.1 Å². The fourth-order valence-electron chi connectivity index (χ4n) is 1.90. The Labute approximate surface area is 119 Å². The summed E-state index contributed by atoms with van der Waals surface area (Å²) in [7, 11) is 0. The van der Waals surface area contributed by atoms with Gasteiger partial charge in [0.25, 0.3) is 0 Å². The van der Waals surface area contributed by atoms with Crippen molar-refractivity contribution in [1.29, 1.82) is 0 Å². The van der Waals surface area contributed by atoms with Crippen LogP contribution >= 0.6 is 0 Å². The van der Waals surface area contributed by atoms with Gasteiger partial charge in [-0.05, 0) is 12.1 Å². The number of terminal acetylenes is 1. The number of carboxylic acid groups (broad SMARTS) is 1. The molecule has 0 aliphatic carbocycles. The number of carboxylic acids is 1. The molecule has 0 spiro atoms. The summed E-state index contributed by atoms with van der Waals surface area (Å²) in [5.41, 5.74) is 0.823. The third-order valence-corrected chi connectivity index (χ3v) is 2.83. The van der Waals surface area contributed by atoms with Gasteiger partial charge < -0.3 is 14.4 Å². The molecule has 7 heteroatoms. The van der Waals surface area contributed by atoms with Crippen molar-refractivity contribution in [3.63, 3.8) is 0 Å². The van der Waals surface area contributed by atoms with E-state index in [9.17, 15) is 14.4 Å². The second-order valence-electron chi connectivity index (χ2n) is 4.27. The summed E-state index contributed by atoms with van der Waals surface area (Å²) >= 11 is 0. The molecule has 21 heavy (non-hydrogen) atoms. The van der Waals surface area contributed by atoms with Crippen molar-refractivity contribution >= 4 is 23.0 Å². The maximum Gasteiger partial charge on any atom is 0.420 e. The first-order chi connectivity index (χ1) is 10.0. The molecule has 7 nitrogen and oxygen atoms in total. The van der Waals surface area contributed by atoms with Gasteiger partial charge in [0, 0.05) is 0 Å². The summed E-state index contributed by atoms with van der Waals surface area (Å²) in [6.45, 7) is -0.992. The summed E-state index contributed by atoms with van der Waals surface area (Å²) in [6.07, 6.45) is 5.11. The third kappa shape index (κ3) is 3.12. The Hall–Kier alpha value is -3.01. The molecule has 0 saturated carbocycles. The molecular weight excluding hydrogens is 276 g/mol. The molecule has 0 aliphatic rings. The number of hydrogen-bond acceptors (Lipinski definition) is 4. The number of oxazole rings is 1. The van der Waals surface area contributed by atoms with Crippen LogP contribution in [0, 0.1) is 12.3 Å². The van der Waals surface area contributed by atoms with Crippen LogP contribution in [-0.4, -0.2) is 39.5 Å². The lowest BCUT2D eigenvalue weighted by molar-refractivity contribution is -0.144. The van der Waals surface area contributed by atoms with Gasteiger partial charge in [0.15, 0.2) is 5.58 Å². The molecule has 0 bridgehead atoms. The van der Waals surface area contributed by atoms with Crippen LogP contribution < -0.4 is 5.76 Å². The predicted octanol–water partition coefficient (Wildman–Crippen LogP) is 0.141. The van der Waals surface area contributed by atoms with Crippen LogP contribution in [0.4, 0.5) is 0 Å². The third-order valence-electron chi connectivity index (χ3n) is 2.83. The molecular formula is C14H12N2O5. The number of fused-ring (bicyclic) bond motifs is 1. The smallest absolute Gasteiger partial charge is 0.420 e. The van der Waals surface area contributed by atoms with E-state index in [-0.39, 0.29) is 13.1 Å². The lowest BCUT2D eigenvalue weighted by Crippen LogP contribution is -2.39. The summed E-state index contributed by atoms with van der Waals surface area (Å²) in [4.78, 5) is 35.5. The van der Waals surface area contributed by atoms with Gasteiger partial charge in [-0.25, -0.2) is 4.79 Å². The van der Waals surface area contributed by atoms with E-state index >= 15 is 0 Å². The zero-order chi connectivity index (χ0) is 15.4. The van der Waals surface area contributed by atoms with E-state index in [1.807, 2.05) is 0 Å². The van der Waals surface area contributed by atoms with Crippen LogP contribution in [0.1, 0.15) is 0 Å². The number of benzene rings is 1. The van der Waals surface area contributed by atoms with Crippen molar-refractivity contribution in [3.8, 4) is 12.3 Å². The van der Waals surface area contributed by atoms with Gasteiger partial charge in [-0.2, -0.15) is 0 Å². The first-order valence-corrected chi connectivity index (χ1v) is 6.04. The maximum atomic E-state index is 12.1. The van der Waals surface area contributed by atoms with Gasteiger partial charge in [0.2, 0.25) is 5.91 Å². The molecule has 0 aliphatic heterocycles. The standard InChI is InChI=1S/C14H12N2O5/c1-2-7-15(9-13(18)19)12(17)8-16-10-5-3-4-6-11(10)21-14(16)20/h1,3-6H,7-9H2,(H,18,19). The second-order valence-corrected chi connectivity index (χ2v) is 4.27. The number of para-hydroxylation sites is 2. The van der Waals surface area contributed by atoms with Crippen molar-refractivity contribution in [3.05, 3.63) is 34.8 Å². The van der Waals surface area contributed by atoms with Crippen LogP contribution in [0.2, 0.25) is 0 Å². The Bertz CT molecular complexity index is 780. The lowest BCUT2D eigenvalue weighted by Gasteiger charge is -2.17. The lowest BCUT2D eigenvalue weighted by atomic mass is 10.3. The highest BCUT2D eigenvalue weighted by atomic mass is 16.4. The highest BCUT2D eigenvalue weighted by molar-refractivity contribution is 5.83. The summed E-state index contributed by atoms with van der Waals surface area (Å²) < 4.78 is 6.14. The molecule has 0 saturated heterocycles. The molecule has 1 aromatic carbocycles. The minimum atomic E-state index is -1.18. The van der Waals surface area contributed by atoms with Crippen molar-refractivity contribution < 1.29 is 19.1 Å². The van der Waals surface area contributed by atoms with Crippen LogP contribution in [-0.2, 0) is 16.1 Å². The molecule has 0 radical (unpaired) electrons. The highest BCUT2D eigenvalue weighted by Crippen LogP contribution is 2.11. The number of aliphatic carboxylic acids is 1. The van der Waals surface area contributed by atoms with Gasteiger partial charge in [-0.15, -0.1) is 6.42 Å².